The van der Waals surface area contributed by atoms with E-state index in [1.165, 1.54) is 0 Å². The molecule has 18 heavy (non-hydrogen) atoms. The minimum absolute atomic E-state index is 0.125. The van der Waals surface area contributed by atoms with Gasteiger partial charge in [0.05, 0.1) is 10.9 Å². The van der Waals surface area contributed by atoms with Gasteiger partial charge in [0, 0.05) is 11.9 Å². The molecule has 1 aromatic heterocycles. The highest BCUT2D eigenvalue weighted by molar-refractivity contribution is 9.10. The van der Waals surface area contributed by atoms with E-state index < -0.39 is 0 Å². The molecule has 0 spiro atoms. The second-order valence-electron chi connectivity index (χ2n) is 3.80. The number of benzene rings is 1. The van der Waals surface area contributed by atoms with E-state index in [1.807, 2.05) is 18.2 Å². The lowest BCUT2D eigenvalue weighted by Gasteiger charge is -2.06. The van der Waals surface area contributed by atoms with Crippen molar-refractivity contribution in [2.75, 3.05) is 11.1 Å². The molecule has 0 aliphatic heterocycles. The van der Waals surface area contributed by atoms with Crippen molar-refractivity contribution in [3.63, 3.8) is 0 Å². The van der Waals surface area contributed by atoms with Crippen LogP contribution in [0.3, 0.4) is 0 Å². The molecule has 0 bridgehead atoms. The molecule has 0 atom stereocenters. The number of carbonyl (C=O) groups excluding carboxylic acids is 1. The van der Waals surface area contributed by atoms with Gasteiger partial charge in [-0.3, -0.25) is 4.79 Å². The average Bonchev–Trinajstić information content (AvgIpc) is 2.32. The molecule has 1 aromatic carbocycles. The first-order valence-electron chi connectivity index (χ1n) is 5.40. The van der Waals surface area contributed by atoms with Gasteiger partial charge >= 0.3 is 0 Å². The molecule has 0 saturated heterocycles. The van der Waals surface area contributed by atoms with Crippen LogP contribution in [-0.2, 0) is 11.2 Å². The zero-order chi connectivity index (χ0) is 13.0. The van der Waals surface area contributed by atoms with E-state index in [0.717, 1.165) is 10.0 Å². The minimum Gasteiger partial charge on any atom is -0.399 e. The normalized spacial score (nSPS) is 10.1. The molecule has 3 N–H and O–H groups in total. The third-order valence-electron chi connectivity index (χ3n) is 2.33. The fourth-order valence-corrected chi connectivity index (χ4v) is 1.90. The monoisotopic (exact) mass is 305 g/mol. The van der Waals surface area contributed by atoms with E-state index in [2.05, 4.69) is 26.2 Å². The molecule has 0 saturated carbocycles. The third kappa shape index (κ3) is 3.30. The van der Waals surface area contributed by atoms with Crippen LogP contribution in [0.25, 0.3) is 0 Å². The maximum Gasteiger partial charge on any atom is 0.229 e. The second kappa shape index (κ2) is 5.64. The van der Waals surface area contributed by atoms with Crippen molar-refractivity contribution in [1.29, 1.82) is 0 Å². The van der Waals surface area contributed by atoms with Gasteiger partial charge in [-0.1, -0.05) is 12.1 Å². The number of rotatable bonds is 3. The van der Waals surface area contributed by atoms with Crippen LogP contribution in [0.2, 0.25) is 0 Å². The molecule has 0 aliphatic rings. The molecule has 2 aromatic rings. The summed E-state index contributed by atoms with van der Waals surface area (Å²) in [5.41, 5.74) is 7.19. The van der Waals surface area contributed by atoms with Gasteiger partial charge in [-0.2, -0.15) is 0 Å². The number of amides is 1. The zero-order valence-corrected chi connectivity index (χ0v) is 11.1. The molecular weight excluding hydrogens is 294 g/mol. The van der Waals surface area contributed by atoms with Crippen LogP contribution in [0.1, 0.15) is 5.56 Å². The van der Waals surface area contributed by atoms with Crippen molar-refractivity contribution in [3.05, 3.63) is 52.6 Å². The predicted octanol–water partition coefficient (Wildman–Crippen LogP) is 2.61. The van der Waals surface area contributed by atoms with Crippen LogP contribution in [0, 0.1) is 0 Å². The van der Waals surface area contributed by atoms with Crippen molar-refractivity contribution in [1.82, 2.24) is 4.98 Å². The van der Waals surface area contributed by atoms with Crippen molar-refractivity contribution in [3.8, 4) is 0 Å². The van der Waals surface area contributed by atoms with Gasteiger partial charge in [-0.05, 0) is 45.8 Å². The average molecular weight is 306 g/mol. The number of anilines is 2. The maximum atomic E-state index is 11.8. The second-order valence-corrected chi connectivity index (χ2v) is 4.66. The summed E-state index contributed by atoms with van der Waals surface area (Å²) in [6.07, 6.45) is 1.90. The maximum absolute atomic E-state index is 11.8. The number of aromatic nitrogens is 1. The smallest absolute Gasteiger partial charge is 0.229 e. The predicted molar refractivity (Wildman–Crippen MR) is 75.1 cm³/mol. The molecule has 2 rings (SSSR count). The summed E-state index contributed by atoms with van der Waals surface area (Å²) in [7, 11) is 0. The fraction of sp³-hybridized carbons (Fsp3) is 0.0769. The van der Waals surface area contributed by atoms with E-state index in [-0.39, 0.29) is 12.3 Å². The van der Waals surface area contributed by atoms with Crippen LogP contribution in [-0.4, -0.2) is 10.9 Å². The van der Waals surface area contributed by atoms with Gasteiger partial charge in [0.2, 0.25) is 5.91 Å². The first-order valence-corrected chi connectivity index (χ1v) is 6.19. The molecule has 0 aliphatic carbocycles. The van der Waals surface area contributed by atoms with Crippen molar-refractivity contribution >= 4 is 33.3 Å². The number of hydrogen-bond donors (Lipinski definition) is 2. The number of nitrogens with two attached hydrogens (primary N) is 1. The number of halogens is 1. The highest BCUT2D eigenvalue weighted by Crippen LogP contribution is 2.18. The number of nitrogens with one attached hydrogen (secondary N) is 1. The summed E-state index contributed by atoms with van der Waals surface area (Å²) < 4.78 is 0.755. The summed E-state index contributed by atoms with van der Waals surface area (Å²) in [5, 5.41) is 2.74. The molecule has 0 fully saturated rings. The van der Waals surface area contributed by atoms with Gasteiger partial charge in [-0.15, -0.1) is 0 Å². The third-order valence-corrected chi connectivity index (χ3v) is 2.97. The van der Waals surface area contributed by atoms with Gasteiger partial charge in [0.25, 0.3) is 0 Å². The van der Waals surface area contributed by atoms with E-state index in [4.69, 9.17) is 5.73 Å². The number of hydrogen-bond acceptors (Lipinski definition) is 3. The molecule has 4 nitrogen and oxygen atoms in total. The first kappa shape index (κ1) is 12.6. The van der Waals surface area contributed by atoms with Gasteiger partial charge in [0.15, 0.2) is 0 Å². The van der Waals surface area contributed by atoms with Crippen LogP contribution in [0.15, 0.2) is 47.1 Å². The minimum atomic E-state index is -0.125. The lowest BCUT2D eigenvalue weighted by Crippen LogP contribution is -2.15. The Labute approximate surface area is 113 Å². The summed E-state index contributed by atoms with van der Waals surface area (Å²) in [6.45, 7) is 0. The number of nitrogens with zero attached hydrogens (tertiary/aromatic N) is 1. The largest absolute Gasteiger partial charge is 0.399 e. The summed E-state index contributed by atoms with van der Waals surface area (Å²) in [4.78, 5) is 15.9. The van der Waals surface area contributed by atoms with Crippen molar-refractivity contribution < 1.29 is 4.79 Å². The fourth-order valence-electron chi connectivity index (χ4n) is 1.54. The van der Waals surface area contributed by atoms with Gasteiger partial charge in [0.1, 0.15) is 5.82 Å². The molecule has 1 amide bonds. The highest BCUT2D eigenvalue weighted by atomic mass is 79.9. The lowest BCUT2D eigenvalue weighted by molar-refractivity contribution is -0.115. The van der Waals surface area contributed by atoms with Crippen molar-refractivity contribution in [2.45, 2.75) is 6.42 Å². The van der Waals surface area contributed by atoms with Crippen LogP contribution in [0.4, 0.5) is 11.5 Å². The quantitative estimate of drug-likeness (QED) is 0.857. The van der Waals surface area contributed by atoms with E-state index in [9.17, 15) is 4.79 Å². The van der Waals surface area contributed by atoms with Crippen LogP contribution < -0.4 is 11.1 Å². The molecule has 1 heterocycles. The summed E-state index contributed by atoms with van der Waals surface area (Å²) in [5.74, 6) is 0.395. The van der Waals surface area contributed by atoms with Crippen molar-refractivity contribution in [2.24, 2.45) is 0 Å². The highest BCUT2D eigenvalue weighted by Gasteiger charge is 2.07. The molecular formula is C13H12BrN3O. The zero-order valence-electron chi connectivity index (χ0n) is 9.56. The standard InChI is InChI=1S/C13H12BrN3O/c14-11-5-2-6-16-13(11)17-12(18)8-9-3-1-4-10(15)7-9/h1-7H,8,15H2,(H,16,17,18). The summed E-state index contributed by atoms with van der Waals surface area (Å²) >= 11 is 3.32. The van der Waals surface area contributed by atoms with Crippen LogP contribution >= 0.6 is 15.9 Å². The van der Waals surface area contributed by atoms with Gasteiger partial charge in [-0.25, -0.2) is 4.98 Å². The first-order chi connectivity index (χ1) is 8.65. The SMILES string of the molecule is Nc1cccc(CC(=O)Nc2ncccc2Br)c1. The molecule has 0 radical (unpaired) electrons. The van der Waals surface area contributed by atoms with Crippen LogP contribution in [0.5, 0.6) is 0 Å². The lowest BCUT2D eigenvalue weighted by atomic mass is 10.1. The Bertz CT molecular complexity index is 572. The summed E-state index contributed by atoms with van der Waals surface area (Å²) in [6, 6.07) is 10.9. The molecule has 92 valence electrons. The topological polar surface area (TPSA) is 68.0 Å². The molecule has 0 unspecified atom stereocenters. The van der Waals surface area contributed by atoms with E-state index in [1.54, 1.807) is 24.4 Å². The van der Waals surface area contributed by atoms with E-state index in [0.29, 0.717) is 11.5 Å². The Balaban J connectivity index is 2.03. The number of pyridine rings is 1. The molecule has 5 heteroatoms. The Morgan fingerprint density at radius 3 is 2.89 bits per heavy atom. The van der Waals surface area contributed by atoms with E-state index >= 15 is 0 Å². The Hall–Kier alpha value is -1.88. The Morgan fingerprint density at radius 2 is 2.17 bits per heavy atom. The Morgan fingerprint density at radius 1 is 1.33 bits per heavy atom. The number of carbonyl (C=O) groups is 1. The van der Waals surface area contributed by atoms with Gasteiger partial charge < -0.3 is 11.1 Å². The Kier molecular flexibility index (Phi) is 3.94. The number of nitrogen functional groups attached to an aromatic ring is 1.